The summed E-state index contributed by atoms with van der Waals surface area (Å²) < 4.78 is 16.0. The molecule has 1 atom stereocenters. The lowest BCUT2D eigenvalue weighted by atomic mass is 10.0. The molecule has 3 heterocycles. The summed E-state index contributed by atoms with van der Waals surface area (Å²) in [5.41, 5.74) is 1.80. The minimum atomic E-state index is -0.364. The molecule has 2 amide bonds. The third-order valence-corrected chi connectivity index (χ3v) is 6.55. The van der Waals surface area contributed by atoms with Crippen molar-refractivity contribution in [2.24, 2.45) is 5.92 Å². The zero-order valence-electron chi connectivity index (χ0n) is 18.6. The largest absolute Gasteiger partial charge is 0.351 e. The number of carbonyl (C=O) groups is 2. The molecule has 0 spiro atoms. The van der Waals surface area contributed by atoms with Gasteiger partial charge in [-0.1, -0.05) is 6.92 Å². The number of halogens is 1. The van der Waals surface area contributed by atoms with Gasteiger partial charge in [-0.25, -0.2) is 4.39 Å². The van der Waals surface area contributed by atoms with Crippen LogP contribution in [0.15, 0.2) is 18.2 Å². The fourth-order valence-corrected chi connectivity index (χ4v) is 5.10. The molecule has 1 aromatic heterocycles. The van der Waals surface area contributed by atoms with Crippen molar-refractivity contribution in [3.05, 3.63) is 29.7 Å². The fourth-order valence-electron chi connectivity index (χ4n) is 5.10. The van der Waals surface area contributed by atoms with Crippen molar-refractivity contribution in [1.29, 1.82) is 0 Å². The molecule has 0 aliphatic carbocycles. The molecule has 2 fully saturated rings. The lowest BCUT2D eigenvalue weighted by Gasteiger charge is -2.30. The molecule has 2 saturated heterocycles. The Kier molecular flexibility index (Phi) is 6.60. The summed E-state index contributed by atoms with van der Waals surface area (Å²) in [4.78, 5) is 29.9. The smallest absolute Gasteiger partial charge is 0.270 e. The Morgan fingerprint density at radius 1 is 1.26 bits per heavy atom. The number of aryl methyl sites for hydroxylation is 1. The van der Waals surface area contributed by atoms with E-state index in [0.717, 1.165) is 43.9 Å². The highest BCUT2D eigenvalue weighted by molar-refractivity contribution is 6.14. The monoisotopic (exact) mass is 428 g/mol. The van der Waals surface area contributed by atoms with Gasteiger partial charge < -0.3 is 19.7 Å². The van der Waals surface area contributed by atoms with Gasteiger partial charge in [0, 0.05) is 38.0 Å². The first-order valence-electron chi connectivity index (χ1n) is 11.6. The second-order valence-electron chi connectivity index (χ2n) is 8.91. The van der Waals surface area contributed by atoms with E-state index in [1.807, 2.05) is 11.5 Å². The molecule has 31 heavy (non-hydrogen) atoms. The Balaban J connectivity index is 1.55. The van der Waals surface area contributed by atoms with Crippen LogP contribution in [0.2, 0.25) is 0 Å². The number of fused-ring (bicyclic) bond motifs is 1. The highest BCUT2D eigenvalue weighted by Crippen LogP contribution is 2.37. The number of amides is 2. The summed E-state index contributed by atoms with van der Waals surface area (Å²) in [6.45, 7) is 9.21. The van der Waals surface area contributed by atoms with E-state index in [2.05, 4.69) is 17.1 Å². The van der Waals surface area contributed by atoms with E-state index >= 15 is 0 Å². The number of hydrogen-bond acceptors (Lipinski definition) is 3. The molecule has 168 valence electrons. The van der Waals surface area contributed by atoms with Crippen LogP contribution in [0.25, 0.3) is 10.9 Å². The molecule has 2 aliphatic heterocycles. The molecular weight excluding hydrogens is 395 g/mol. The number of likely N-dealkylation sites (tertiary alicyclic amines) is 1. The number of aromatic nitrogens is 1. The van der Waals surface area contributed by atoms with E-state index in [-0.39, 0.29) is 17.6 Å². The van der Waals surface area contributed by atoms with Gasteiger partial charge >= 0.3 is 0 Å². The lowest BCUT2D eigenvalue weighted by Crippen LogP contribution is -2.37. The molecule has 0 radical (unpaired) electrons. The van der Waals surface area contributed by atoms with Crippen molar-refractivity contribution in [2.45, 2.75) is 52.5 Å². The number of hydrogen-bond donors (Lipinski definition) is 1. The van der Waals surface area contributed by atoms with Crippen molar-refractivity contribution in [3.8, 4) is 0 Å². The van der Waals surface area contributed by atoms with Crippen molar-refractivity contribution < 1.29 is 14.0 Å². The van der Waals surface area contributed by atoms with E-state index in [4.69, 9.17) is 0 Å². The quantitative estimate of drug-likeness (QED) is 0.683. The van der Waals surface area contributed by atoms with Crippen LogP contribution in [0.3, 0.4) is 0 Å². The van der Waals surface area contributed by atoms with E-state index < -0.39 is 0 Å². The zero-order valence-corrected chi connectivity index (χ0v) is 18.6. The van der Waals surface area contributed by atoms with Crippen LogP contribution in [-0.4, -0.2) is 54.0 Å². The molecule has 0 saturated carbocycles. The van der Waals surface area contributed by atoms with Gasteiger partial charge in [-0.2, -0.15) is 0 Å². The SMILES string of the molecule is CCn1c(C(=O)NCCCN2CCC[C@@H](C)C2)c(N2CCCC2=O)c2cc(F)ccc21. The summed E-state index contributed by atoms with van der Waals surface area (Å²) in [5.74, 6) is 0.175. The predicted molar refractivity (Wildman–Crippen MR) is 121 cm³/mol. The molecule has 1 N–H and O–H groups in total. The molecule has 7 heteroatoms. The molecule has 4 rings (SSSR count). The molecule has 0 bridgehead atoms. The Hall–Kier alpha value is -2.41. The number of carbonyl (C=O) groups excluding carboxylic acids is 2. The van der Waals surface area contributed by atoms with Crippen molar-refractivity contribution in [1.82, 2.24) is 14.8 Å². The number of nitrogens with zero attached hydrogens (tertiary/aromatic N) is 3. The first-order chi connectivity index (χ1) is 15.0. The second-order valence-corrected chi connectivity index (χ2v) is 8.91. The van der Waals surface area contributed by atoms with Crippen LogP contribution >= 0.6 is 0 Å². The fraction of sp³-hybridized carbons (Fsp3) is 0.583. The van der Waals surface area contributed by atoms with Crippen LogP contribution < -0.4 is 10.2 Å². The highest BCUT2D eigenvalue weighted by atomic mass is 19.1. The zero-order chi connectivity index (χ0) is 22.0. The Bertz CT molecular complexity index is 970. The average Bonchev–Trinajstić information content (AvgIpc) is 3.30. The molecule has 2 aliphatic rings. The molecule has 1 aromatic carbocycles. The van der Waals surface area contributed by atoms with Gasteiger partial charge in [0.2, 0.25) is 5.91 Å². The van der Waals surface area contributed by atoms with E-state index in [1.165, 1.54) is 25.0 Å². The number of rotatable bonds is 7. The first kappa shape index (κ1) is 21.8. The summed E-state index contributed by atoms with van der Waals surface area (Å²) in [6, 6.07) is 4.55. The standard InChI is InChI=1S/C24H33FN4O2/c1-3-28-20-10-9-18(25)15-19(20)22(29-14-5-8-21(29)30)23(28)24(31)26-11-6-13-27-12-4-7-17(2)16-27/h9-10,15,17H,3-8,11-14,16H2,1-2H3,(H,26,31)/t17-/m1/s1. The molecule has 2 aromatic rings. The van der Waals surface area contributed by atoms with E-state index in [1.54, 1.807) is 11.0 Å². The number of nitrogens with one attached hydrogen (secondary N) is 1. The number of piperidine rings is 1. The molecule has 6 nitrogen and oxygen atoms in total. The Morgan fingerprint density at radius 2 is 2.10 bits per heavy atom. The summed E-state index contributed by atoms with van der Waals surface area (Å²) in [7, 11) is 0. The van der Waals surface area contributed by atoms with Crippen LogP contribution in [-0.2, 0) is 11.3 Å². The number of benzene rings is 1. The van der Waals surface area contributed by atoms with Crippen LogP contribution in [0.5, 0.6) is 0 Å². The van der Waals surface area contributed by atoms with Gasteiger partial charge in [-0.3, -0.25) is 9.59 Å². The van der Waals surface area contributed by atoms with Crippen LogP contribution in [0.1, 0.15) is 56.4 Å². The van der Waals surface area contributed by atoms with Gasteiger partial charge in [0.15, 0.2) is 0 Å². The van der Waals surface area contributed by atoms with Crippen molar-refractivity contribution in [3.63, 3.8) is 0 Å². The maximum atomic E-state index is 14.1. The van der Waals surface area contributed by atoms with Crippen molar-refractivity contribution >= 4 is 28.4 Å². The van der Waals surface area contributed by atoms with Gasteiger partial charge in [0.05, 0.1) is 11.2 Å². The first-order valence-corrected chi connectivity index (χ1v) is 11.6. The summed E-state index contributed by atoms with van der Waals surface area (Å²) >= 11 is 0. The lowest BCUT2D eigenvalue weighted by molar-refractivity contribution is -0.117. The van der Waals surface area contributed by atoms with E-state index in [9.17, 15) is 14.0 Å². The topological polar surface area (TPSA) is 57.6 Å². The summed E-state index contributed by atoms with van der Waals surface area (Å²) in [6.07, 6.45) is 4.64. The maximum Gasteiger partial charge on any atom is 0.270 e. The van der Waals surface area contributed by atoms with Crippen LogP contribution in [0.4, 0.5) is 10.1 Å². The number of anilines is 1. The van der Waals surface area contributed by atoms with Gasteiger partial charge in [0.25, 0.3) is 5.91 Å². The Labute approximate surface area is 183 Å². The Morgan fingerprint density at radius 3 is 2.81 bits per heavy atom. The van der Waals surface area contributed by atoms with Crippen molar-refractivity contribution in [2.75, 3.05) is 37.6 Å². The minimum Gasteiger partial charge on any atom is -0.351 e. The van der Waals surface area contributed by atoms with Gasteiger partial charge in [0.1, 0.15) is 11.5 Å². The highest BCUT2D eigenvalue weighted by Gasteiger charge is 2.31. The van der Waals surface area contributed by atoms with Gasteiger partial charge in [-0.05, 0) is 69.8 Å². The predicted octanol–water partition coefficient (Wildman–Crippen LogP) is 3.78. The van der Waals surface area contributed by atoms with Gasteiger partial charge in [-0.15, -0.1) is 0 Å². The minimum absolute atomic E-state index is 0.00678. The maximum absolute atomic E-state index is 14.1. The third-order valence-electron chi connectivity index (χ3n) is 6.55. The average molecular weight is 429 g/mol. The van der Waals surface area contributed by atoms with E-state index in [0.29, 0.717) is 42.8 Å². The molecule has 0 unspecified atom stereocenters. The second kappa shape index (κ2) is 9.39. The third kappa shape index (κ3) is 4.47. The molecular formula is C24H33FN4O2. The summed E-state index contributed by atoms with van der Waals surface area (Å²) in [5, 5.41) is 3.69. The van der Waals surface area contributed by atoms with Crippen LogP contribution in [0, 0.1) is 11.7 Å². The normalized spacial score (nSPS) is 20.0.